The third-order valence-electron chi connectivity index (χ3n) is 3.93. The van der Waals surface area contributed by atoms with E-state index in [1.165, 1.54) is 0 Å². The van der Waals surface area contributed by atoms with Gasteiger partial charge in [-0.2, -0.15) is 0 Å². The first kappa shape index (κ1) is 15.4. The smallest absolute Gasteiger partial charge is 0.192 e. The number of hydrogen-bond acceptors (Lipinski definition) is 6. The van der Waals surface area contributed by atoms with E-state index in [0.717, 1.165) is 17.1 Å². The minimum atomic E-state index is -0.347. The van der Waals surface area contributed by atoms with Crippen molar-refractivity contribution >= 4 is 5.96 Å². The second-order valence-electron chi connectivity index (χ2n) is 5.16. The minimum absolute atomic E-state index is 0.347. The first-order chi connectivity index (χ1) is 10.1. The number of nitrogens with two attached hydrogens (primary N) is 1. The lowest BCUT2D eigenvalue weighted by atomic mass is 9.90. The topological polar surface area (TPSA) is 69.3 Å². The fourth-order valence-corrected chi connectivity index (χ4v) is 2.68. The molecule has 0 saturated carbocycles. The van der Waals surface area contributed by atoms with Crippen LogP contribution in [0, 0.1) is 0 Å². The van der Waals surface area contributed by atoms with Crippen molar-refractivity contribution in [2.45, 2.75) is 12.5 Å². The molecule has 0 bridgehead atoms. The van der Waals surface area contributed by atoms with Crippen molar-refractivity contribution in [3.8, 4) is 11.5 Å². The van der Waals surface area contributed by atoms with E-state index in [4.69, 9.17) is 19.9 Å². The largest absolute Gasteiger partial charge is 0.497 e. The van der Waals surface area contributed by atoms with Gasteiger partial charge < -0.3 is 24.8 Å². The Kier molecular flexibility index (Phi) is 4.57. The zero-order valence-electron chi connectivity index (χ0n) is 13.0. The summed E-state index contributed by atoms with van der Waals surface area (Å²) in [7, 11) is 4.97. The van der Waals surface area contributed by atoms with E-state index in [9.17, 15) is 0 Å². The molecule has 1 aliphatic heterocycles. The van der Waals surface area contributed by atoms with E-state index in [0.29, 0.717) is 25.7 Å². The van der Waals surface area contributed by atoms with Crippen LogP contribution < -0.4 is 15.2 Å². The lowest BCUT2D eigenvalue weighted by Gasteiger charge is -2.37. The molecule has 2 rings (SSSR count). The third-order valence-corrected chi connectivity index (χ3v) is 3.93. The van der Waals surface area contributed by atoms with Gasteiger partial charge in [-0.15, -0.1) is 0 Å². The highest BCUT2D eigenvalue weighted by atomic mass is 16.5. The summed E-state index contributed by atoms with van der Waals surface area (Å²) in [6.45, 7) is 3.96. The summed E-state index contributed by atoms with van der Waals surface area (Å²) in [6, 6.07) is 5.81. The lowest BCUT2D eigenvalue weighted by Crippen LogP contribution is -2.48. The molecule has 0 spiro atoms. The molecule has 0 aliphatic carbocycles. The van der Waals surface area contributed by atoms with E-state index >= 15 is 0 Å². The predicted molar refractivity (Wildman–Crippen MR) is 82.0 cm³/mol. The van der Waals surface area contributed by atoms with E-state index in [-0.39, 0.29) is 5.54 Å². The van der Waals surface area contributed by atoms with E-state index in [2.05, 4.69) is 16.8 Å². The highest BCUT2D eigenvalue weighted by molar-refractivity contribution is 5.81. The SMILES string of the molecule is COCCN1C(N)=NCC1(C)c1ccc(OC)cc1OC. The Bertz CT molecular complexity index is 533. The molecule has 0 amide bonds. The highest BCUT2D eigenvalue weighted by Gasteiger charge is 2.41. The zero-order chi connectivity index (χ0) is 15.5. The second kappa shape index (κ2) is 6.22. The van der Waals surface area contributed by atoms with Gasteiger partial charge in [0.1, 0.15) is 11.5 Å². The molecular weight excluding hydrogens is 270 g/mol. The summed E-state index contributed by atoms with van der Waals surface area (Å²) >= 11 is 0. The third kappa shape index (κ3) is 2.76. The van der Waals surface area contributed by atoms with Gasteiger partial charge in [-0.25, -0.2) is 0 Å². The summed E-state index contributed by atoms with van der Waals surface area (Å²) in [5, 5.41) is 0. The summed E-state index contributed by atoms with van der Waals surface area (Å²) in [5.74, 6) is 2.06. The number of aliphatic imine (C=N–C) groups is 1. The van der Waals surface area contributed by atoms with Crippen molar-refractivity contribution in [3.63, 3.8) is 0 Å². The number of methoxy groups -OCH3 is 3. The quantitative estimate of drug-likeness (QED) is 0.853. The maximum Gasteiger partial charge on any atom is 0.192 e. The van der Waals surface area contributed by atoms with Crippen LogP contribution in [0.25, 0.3) is 0 Å². The number of ether oxygens (including phenoxy) is 3. The Hall–Kier alpha value is -1.95. The average molecular weight is 293 g/mol. The van der Waals surface area contributed by atoms with Crippen molar-refractivity contribution in [2.75, 3.05) is 41.0 Å². The van der Waals surface area contributed by atoms with Crippen LogP contribution in [0.15, 0.2) is 23.2 Å². The minimum Gasteiger partial charge on any atom is -0.497 e. The molecule has 1 aromatic carbocycles. The Morgan fingerprint density at radius 3 is 2.67 bits per heavy atom. The van der Waals surface area contributed by atoms with Crippen molar-refractivity contribution in [1.29, 1.82) is 0 Å². The molecule has 6 nitrogen and oxygen atoms in total. The molecule has 1 heterocycles. The van der Waals surface area contributed by atoms with Crippen molar-refractivity contribution < 1.29 is 14.2 Å². The van der Waals surface area contributed by atoms with Crippen LogP contribution in [-0.2, 0) is 10.3 Å². The maximum atomic E-state index is 6.04. The van der Waals surface area contributed by atoms with Gasteiger partial charge in [0.2, 0.25) is 0 Å². The lowest BCUT2D eigenvalue weighted by molar-refractivity contribution is 0.135. The van der Waals surface area contributed by atoms with Crippen LogP contribution in [0.2, 0.25) is 0 Å². The summed E-state index contributed by atoms with van der Waals surface area (Å²) in [4.78, 5) is 6.45. The molecule has 0 aromatic heterocycles. The highest BCUT2D eigenvalue weighted by Crippen LogP contribution is 2.39. The van der Waals surface area contributed by atoms with Crippen molar-refractivity contribution in [2.24, 2.45) is 10.7 Å². The molecule has 0 saturated heterocycles. The van der Waals surface area contributed by atoms with Gasteiger partial charge in [-0.3, -0.25) is 4.99 Å². The van der Waals surface area contributed by atoms with Gasteiger partial charge in [-0.1, -0.05) is 0 Å². The molecule has 116 valence electrons. The van der Waals surface area contributed by atoms with E-state index in [1.807, 2.05) is 18.2 Å². The Morgan fingerprint density at radius 2 is 2.05 bits per heavy atom. The van der Waals surface area contributed by atoms with E-state index in [1.54, 1.807) is 21.3 Å². The fraction of sp³-hybridized carbons (Fsp3) is 0.533. The summed E-state index contributed by atoms with van der Waals surface area (Å²) in [5.41, 5.74) is 6.72. The normalized spacial score (nSPS) is 21.3. The number of rotatable bonds is 6. The van der Waals surface area contributed by atoms with Crippen LogP contribution in [0.3, 0.4) is 0 Å². The van der Waals surface area contributed by atoms with Crippen molar-refractivity contribution in [3.05, 3.63) is 23.8 Å². The van der Waals surface area contributed by atoms with Gasteiger partial charge in [-0.05, 0) is 19.1 Å². The molecule has 0 fully saturated rings. The first-order valence-electron chi connectivity index (χ1n) is 6.86. The average Bonchev–Trinajstić information content (AvgIpc) is 2.80. The molecular formula is C15H23N3O3. The van der Waals surface area contributed by atoms with Gasteiger partial charge in [0.25, 0.3) is 0 Å². The molecule has 1 aromatic rings. The van der Waals surface area contributed by atoms with Crippen LogP contribution in [-0.4, -0.2) is 51.9 Å². The van der Waals surface area contributed by atoms with Crippen LogP contribution in [0.4, 0.5) is 0 Å². The predicted octanol–water partition coefficient (Wildman–Crippen LogP) is 1.20. The zero-order valence-corrected chi connectivity index (χ0v) is 13.0. The van der Waals surface area contributed by atoms with Gasteiger partial charge in [0.15, 0.2) is 5.96 Å². The molecule has 21 heavy (non-hydrogen) atoms. The monoisotopic (exact) mass is 293 g/mol. The van der Waals surface area contributed by atoms with Gasteiger partial charge in [0.05, 0.1) is 32.9 Å². The van der Waals surface area contributed by atoms with Crippen LogP contribution >= 0.6 is 0 Å². The molecule has 6 heteroatoms. The Morgan fingerprint density at radius 1 is 1.29 bits per heavy atom. The standard InChI is InChI=1S/C15H23N3O3/c1-15(10-17-14(16)18(15)7-8-19-2)12-6-5-11(20-3)9-13(12)21-4/h5-6,9H,7-8,10H2,1-4H3,(H2,16,17). The maximum absolute atomic E-state index is 6.04. The molecule has 2 N–H and O–H groups in total. The number of benzene rings is 1. The number of hydrogen-bond donors (Lipinski definition) is 1. The summed E-state index contributed by atoms with van der Waals surface area (Å²) in [6.07, 6.45) is 0. The number of guanidine groups is 1. The van der Waals surface area contributed by atoms with E-state index < -0.39 is 0 Å². The van der Waals surface area contributed by atoms with Crippen molar-refractivity contribution in [1.82, 2.24) is 4.90 Å². The second-order valence-corrected chi connectivity index (χ2v) is 5.16. The van der Waals surface area contributed by atoms with Gasteiger partial charge >= 0.3 is 0 Å². The molecule has 0 radical (unpaired) electrons. The Labute approximate surface area is 125 Å². The van der Waals surface area contributed by atoms with Gasteiger partial charge in [0, 0.05) is 25.3 Å². The fourth-order valence-electron chi connectivity index (χ4n) is 2.68. The Balaban J connectivity index is 2.38. The molecule has 1 atom stereocenters. The van der Waals surface area contributed by atoms with Crippen LogP contribution in [0.1, 0.15) is 12.5 Å². The summed E-state index contributed by atoms with van der Waals surface area (Å²) < 4.78 is 15.9. The van der Waals surface area contributed by atoms with Crippen LogP contribution in [0.5, 0.6) is 11.5 Å². The molecule has 1 aliphatic rings. The number of nitrogens with zero attached hydrogens (tertiary/aromatic N) is 2. The molecule has 1 unspecified atom stereocenters. The first-order valence-corrected chi connectivity index (χ1v) is 6.86.